The van der Waals surface area contributed by atoms with Crippen LogP contribution in [0.3, 0.4) is 0 Å². The van der Waals surface area contributed by atoms with Gasteiger partial charge in [0.15, 0.2) is 12.4 Å². The van der Waals surface area contributed by atoms with Crippen LogP contribution in [0.15, 0.2) is 84.7 Å². The predicted octanol–water partition coefficient (Wildman–Crippen LogP) is 5.07. The normalized spacial score (nSPS) is 28.4. The summed E-state index contributed by atoms with van der Waals surface area (Å²) in [5.41, 5.74) is 5.53. The number of aliphatic hydroxyl groups is 1. The molecule has 1 unspecified atom stereocenters. The molecular weight excluding hydrogens is 714 g/mol. The van der Waals surface area contributed by atoms with Crippen LogP contribution in [0.2, 0.25) is 0 Å². The molecule has 3 saturated carbocycles. The summed E-state index contributed by atoms with van der Waals surface area (Å²) < 4.78 is 10.6. The van der Waals surface area contributed by atoms with Gasteiger partial charge in [0, 0.05) is 53.2 Å². The van der Waals surface area contributed by atoms with Crippen LogP contribution >= 0.6 is 0 Å². The number of amides is 1. The van der Waals surface area contributed by atoms with Crippen molar-refractivity contribution in [2.24, 2.45) is 34.3 Å². The Morgan fingerprint density at radius 3 is 2.48 bits per heavy atom. The van der Waals surface area contributed by atoms with Gasteiger partial charge in [0.2, 0.25) is 11.7 Å². The van der Waals surface area contributed by atoms with E-state index < -0.39 is 46.7 Å². The summed E-state index contributed by atoms with van der Waals surface area (Å²) in [7, 11) is 0. The zero-order chi connectivity index (χ0) is 39.8. The lowest BCUT2D eigenvalue weighted by atomic mass is 9.46. The Bertz CT molecular complexity index is 2160. The number of carbonyl (C=O) groups excluding carboxylic acids is 6. The summed E-state index contributed by atoms with van der Waals surface area (Å²) in [6, 6.07) is 14.4. The van der Waals surface area contributed by atoms with Crippen molar-refractivity contribution in [3.8, 4) is 0 Å². The van der Waals surface area contributed by atoms with Crippen LogP contribution in [0.25, 0.3) is 10.8 Å². The minimum atomic E-state index is -1.84. The van der Waals surface area contributed by atoms with Crippen molar-refractivity contribution in [2.45, 2.75) is 76.9 Å². The van der Waals surface area contributed by atoms with Gasteiger partial charge in [0.1, 0.15) is 18.0 Å². The van der Waals surface area contributed by atoms with Crippen LogP contribution in [-0.2, 0) is 44.8 Å². The Morgan fingerprint density at radius 2 is 1.73 bits per heavy atom. The summed E-state index contributed by atoms with van der Waals surface area (Å²) in [6.07, 6.45) is 9.97. The van der Waals surface area contributed by atoms with Crippen LogP contribution in [0.4, 0.5) is 5.69 Å². The highest BCUT2D eigenvalue weighted by atomic mass is 16.5. The number of pyridine rings is 1. The Morgan fingerprint density at radius 1 is 0.982 bits per heavy atom. The van der Waals surface area contributed by atoms with Crippen LogP contribution < -0.4 is 11.1 Å². The van der Waals surface area contributed by atoms with Crippen molar-refractivity contribution in [1.82, 2.24) is 4.98 Å². The molecule has 7 rings (SSSR count). The van der Waals surface area contributed by atoms with E-state index >= 15 is 0 Å². The first kappa shape index (κ1) is 38.9. The smallest absolute Gasteiger partial charge is 0.306 e. The van der Waals surface area contributed by atoms with Gasteiger partial charge < -0.3 is 25.6 Å². The molecule has 1 heterocycles. The molecule has 3 fully saturated rings. The van der Waals surface area contributed by atoms with Crippen LogP contribution in [-0.4, -0.2) is 64.0 Å². The van der Waals surface area contributed by atoms with E-state index in [9.17, 15) is 33.9 Å². The van der Waals surface area contributed by atoms with Gasteiger partial charge >= 0.3 is 11.9 Å². The molecular formula is C44H47N3O9. The first-order valence-electron chi connectivity index (χ1n) is 19.2. The third-order valence-corrected chi connectivity index (χ3v) is 13.0. The van der Waals surface area contributed by atoms with E-state index in [2.05, 4.69) is 10.3 Å². The van der Waals surface area contributed by atoms with Crippen molar-refractivity contribution in [1.29, 1.82) is 0 Å². The number of allylic oxidation sites excluding steroid dienone is 4. The molecule has 0 saturated heterocycles. The van der Waals surface area contributed by atoms with Crippen molar-refractivity contribution in [2.75, 3.05) is 18.5 Å². The number of nitrogens with zero attached hydrogens (tertiary/aromatic N) is 1. The Balaban J connectivity index is 0.866. The Kier molecular flexibility index (Phi) is 10.6. The van der Waals surface area contributed by atoms with Gasteiger partial charge in [-0.2, -0.15) is 0 Å². The highest BCUT2D eigenvalue weighted by Gasteiger charge is 2.68. The number of esters is 2. The van der Waals surface area contributed by atoms with Gasteiger partial charge in [-0.15, -0.1) is 0 Å². The molecule has 4 aliphatic rings. The van der Waals surface area contributed by atoms with Crippen LogP contribution in [0.5, 0.6) is 0 Å². The fourth-order valence-corrected chi connectivity index (χ4v) is 9.90. The van der Waals surface area contributed by atoms with Gasteiger partial charge in [-0.25, -0.2) is 0 Å². The van der Waals surface area contributed by atoms with E-state index in [1.165, 1.54) is 6.08 Å². The summed E-state index contributed by atoms with van der Waals surface area (Å²) in [5.74, 6) is -3.52. The molecule has 292 valence electrons. The first-order valence-corrected chi connectivity index (χ1v) is 19.2. The van der Waals surface area contributed by atoms with Crippen LogP contribution in [0.1, 0.15) is 75.8 Å². The lowest BCUT2D eigenvalue weighted by molar-refractivity contribution is -0.172. The largest absolute Gasteiger partial charge is 0.461 e. The fraction of sp³-hybridized carbons (Fsp3) is 0.432. The topological polar surface area (TPSA) is 192 Å². The summed E-state index contributed by atoms with van der Waals surface area (Å²) >= 11 is 0. The Hall–Kier alpha value is -5.33. The summed E-state index contributed by atoms with van der Waals surface area (Å²) in [5, 5.41) is 16.7. The molecule has 0 spiro atoms. The molecule has 2 aromatic carbocycles. The summed E-state index contributed by atoms with van der Waals surface area (Å²) in [6.45, 7) is 3.16. The van der Waals surface area contributed by atoms with Gasteiger partial charge in [0.25, 0.3) is 0 Å². The lowest BCUT2D eigenvalue weighted by Gasteiger charge is -2.56. The molecule has 1 aromatic heterocycles. The number of hydrogen-bond donors (Lipinski definition) is 3. The van der Waals surface area contributed by atoms with Gasteiger partial charge in [0.05, 0.1) is 18.8 Å². The average molecular weight is 762 g/mol. The molecule has 4 N–H and O–H groups in total. The highest BCUT2D eigenvalue weighted by molar-refractivity contribution is 6.02. The van der Waals surface area contributed by atoms with Gasteiger partial charge in [-0.05, 0) is 84.4 Å². The number of aromatic nitrogens is 1. The monoisotopic (exact) mass is 761 g/mol. The minimum absolute atomic E-state index is 0.0155. The maximum Gasteiger partial charge on any atom is 0.306 e. The standard InChI is InChI=1S/C44H47N3O9/c1-42-16-13-32(48)20-30(42)8-10-33-35-14-17-44(54,43(35,2)21-36(49)40(33)42)37(50)25-56-39(52)12-11-38(51)55-24-26-3-5-27(6-4-26)34(22-45)41(53)47-31-9-7-29-23-46-18-15-28(29)19-31/h3-7,9,13,15-16,18-20,23,33-35,40,54H,8,10-12,14,17,21-22,24-25,45H2,1-2H3,(H,47,53)/t33-,34+,35-,40?,42-,43-,44-/m0/s1. The fourth-order valence-electron chi connectivity index (χ4n) is 9.90. The number of anilines is 1. The van der Waals surface area contributed by atoms with Crippen molar-refractivity contribution in [3.05, 3.63) is 95.9 Å². The van der Waals surface area contributed by atoms with Crippen LogP contribution in [0, 0.1) is 28.6 Å². The molecule has 56 heavy (non-hydrogen) atoms. The van der Waals surface area contributed by atoms with Crippen molar-refractivity contribution < 1.29 is 43.3 Å². The molecule has 12 nitrogen and oxygen atoms in total. The van der Waals surface area contributed by atoms with E-state index in [4.69, 9.17) is 15.2 Å². The van der Waals surface area contributed by atoms with Crippen molar-refractivity contribution >= 4 is 51.7 Å². The maximum atomic E-state index is 13.8. The molecule has 1 amide bonds. The van der Waals surface area contributed by atoms with E-state index in [0.29, 0.717) is 36.1 Å². The molecule has 3 aromatic rings. The van der Waals surface area contributed by atoms with Crippen molar-refractivity contribution in [3.63, 3.8) is 0 Å². The zero-order valence-corrected chi connectivity index (χ0v) is 31.6. The van der Waals surface area contributed by atoms with Gasteiger partial charge in [-0.1, -0.05) is 55.8 Å². The molecule has 7 atom stereocenters. The molecule has 0 radical (unpaired) electrons. The van der Waals surface area contributed by atoms with E-state index in [1.807, 2.05) is 31.2 Å². The maximum absolute atomic E-state index is 13.8. The van der Waals surface area contributed by atoms with E-state index in [0.717, 1.165) is 16.3 Å². The number of ether oxygens (including phenoxy) is 2. The zero-order valence-electron chi connectivity index (χ0n) is 31.6. The number of benzene rings is 2. The third-order valence-electron chi connectivity index (χ3n) is 13.0. The lowest BCUT2D eigenvalue weighted by Crippen LogP contribution is -2.60. The number of rotatable bonds is 12. The second-order valence-corrected chi connectivity index (χ2v) is 16.1. The minimum Gasteiger partial charge on any atom is -0.461 e. The average Bonchev–Trinajstić information content (AvgIpc) is 3.46. The second kappa shape index (κ2) is 15.3. The summed E-state index contributed by atoms with van der Waals surface area (Å²) in [4.78, 5) is 81.8. The molecule has 12 heteroatoms. The Labute approximate surface area is 324 Å². The quantitative estimate of drug-likeness (QED) is 0.209. The molecule has 0 aliphatic heterocycles. The number of carbonyl (C=O) groups is 6. The number of ketones is 3. The van der Waals surface area contributed by atoms with E-state index in [1.54, 1.807) is 55.7 Å². The SMILES string of the molecule is C[C@]12C=CC(=O)C=C1CC[C@@H]1C2C(=O)C[C@@]2(C)[C@H]1CC[C@]2(O)C(=O)COC(=O)CCC(=O)OCc1ccc([C@@H](CN)C(=O)Nc2ccc3cnccc3c2)cc1. The highest BCUT2D eigenvalue weighted by Crippen LogP contribution is 2.66. The first-order chi connectivity index (χ1) is 26.8. The van der Waals surface area contributed by atoms with E-state index in [-0.39, 0.29) is 74.1 Å². The number of Topliss-reactive ketones (excluding diaryl/α,β-unsaturated/α-hetero) is 2. The number of hydrogen-bond acceptors (Lipinski definition) is 11. The van der Waals surface area contributed by atoms with Gasteiger partial charge in [-0.3, -0.25) is 33.8 Å². The number of nitrogens with one attached hydrogen (secondary N) is 1. The third kappa shape index (κ3) is 7.12. The second-order valence-electron chi connectivity index (χ2n) is 16.1. The number of fused-ring (bicyclic) bond motifs is 6. The number of nitrogens with two attached hydrogens (primary N) is 1. The molecule has 0 bridgehead atoms. The predicted molar refractivity (Wildman–Crippen MR) is 206 cm³/mol. The molecule has 4 aliphatic carbocycles.